The van der Waals surface area contributed by atoms with Gasteiger partial charge < -0.3 is 4.79 Å². The third-order valence-corrected chi connectivity index (χ3v) is 2.90. The molecule has 0 bridgehead atoms. The molecule has 0 aromatic rings. The third-order valence-electron chi connectivity index (χ3n) is 2.90. The van der Waals surface area contributed by atoms with Crippen LogP contribution in [0.5, 0.6) is 0 Å². The first kappa shape index (κ1) is 15.8. The van der Waals surface area contributed by atoms with Gasteiger partial charge in [0.2, 0.25) is 0 Å². The summed E-state index contributed by atoms with van der Waals surface area (Å²) < 4.78 is 0. The summed E-state index contributed by atoms with van der Waals surface area (Å²) in [6.45, 7) is 14.5. The zero-order valence-electron chi connectivity index (χ0n) is 10.3. The molecule has 0 heterocycles. The van der Waals surface area contributed by atoms with Crippen molar-refractivity contribution in [2.75, 3.05) is 0 Å². The van der Waals surface area contributed by atoms with E-state index in [1.54, 1.807) is 0 Å². The number of carbonyl (C=O) groups is 2. The van der Waals surface area contributed by atoms with Gasteiger partial charge >= 0.3 is 0 Å². The highest BCUT2D eigenvalue weighted by Gasteiger charge is 2.24. The van der Waals surface area contributed by atoms with Gasteiger partial charge in [-0.2, -0.15) is 0 Å². The molecule has 0 saturated heterocycles. The van der Waals surface area contributed by atoms with Crippen molar-refractivity contribution in [2.24, 2.45) is 23.7 Å². The summed E-state index contributed by atoms with van der Waals surface area (Å²) in [6.07, 6.45) is 0. The standard InChI is InChI=1S/C11H22O.CH2O/c1-7(2)9(5)11(12)10(6)8(3)4;1-2/h7-10H,1-6H3;1H2. The van der Waals surface area contributed by atoms with E-state index in [4.69, 9.17) is 4.79 Å². The second-order valence-electron chi connectivity index (χ2n) is 4.47. The molecule has 14 heavy (non-hydrogen) atoms. The minimum Gasteiger partial charge on any atom is -0.307 e. The second kappa shape index (κ2) is 7.72. The maximum Gasteiger partial charge on any atom is 0.138 e. The predicted molar refractivity (Wildman–Crippen MR) is 60.1 cm³/mol. The van der Waals surface area contributed by atoms with Crippen LogP contribution in [0.3, 0.4) is 0 Å². The van der Waals surface area contributed by atoms with Gasteiger partial charge in [0.25, 0.3) is 0 Å². The van der Waals surface area contributed by atoms with Gasteiger partial charge in [-0.25, -0.2) is 0 Å². The van der Waals surface area contributed by atoms with E-state index < -0.39 is 0 Å². The van der Waals surface area contributed by atoms with Crippen molar-refractivity contribution in [1.82, 2.24) is 0 Å². The molecule has 0 aromatic carbocycles. The molecule has 2 atom stereocenters. The summed E-state index contributed by atoms with van der Waals surface area (Å²) in [5.41, 5.74) is 0. The van der Waals surface area contributed by atoms with Crippen molar-refractivity contribution in [3.8, 4) is 0 Å². The van der Waals surface area contributed by atoms with Gasteiger partial charge in [-0.1, -0.05) is 41.5 Å². The van der Waals surface area contributed by atoms with Crippen LogP contribution in [0, 0.1) is 23.7 Å². The summed E-state index contributed by atoms with van der Waals surface area (Å²) in [6, 6.07) is 0. The van der Waals surface area contributed by atoms with Gasteiger partial charge in [0.15, 0.2) is 0 Å². The SMILES string of the molecule is C=O.CC(C)C(C)C(=O)C(C)C(C)C. The quantitative estimate of drug-likeness (QED) is 0.699. The number of carbonyl (C=O) groups excluding carboxylic acids is 2. The molecule has 2 nitrogen and oxygen atoms in total. The Morgan fingerprint density at radius 2 is 1.00 bits per heavy atom. The van der Waals surface area contributed by atoms with E-state index in [1.165, 1.54) is 0 Å². The Morgan fingerprint density at radius 3 is 1.14 bits per heavy atom. The summed E-state index contributed by atoms with van der Waals surface area (Å²) >= 11 is 0. The predicted octanol–water partition coefficient (Wildman–Crippen LogP) is 2.95. The minimum atomic E-state index is 0.211. The molecule has 0 aromatic heterocycles. The monoisotopic (exact) mass is 200 g/mol. The summed E-state index contributed by atoms with van der Waals surface area (Å²) in [5, 5.41) is 0. The molecule has 0 N–H and O–H groups in total. The molecule has 0 rings (SSSR count). The molecule has 2 heteroatoms. The van der Waals surface area contributed by atoms with Crippen molar-refractivity contribution < 1.29 is 9.59 Å². The summed E-state index contributed by atoms with van der Waals surface area (Å²) in [4.78, 5) is 19.7. The van der Waals surface area contributed by atoms with Gasteiger partial charge in [0.1, 0.15) is 12.6 Å². The van der Waals surface area contributed by atoms with Crippen LogP contribution in [0.15, 0.2) is 0 Å². The lowest BCUT2D eigenvalue weighted by atomic mass is 9.82. The maximum atomic E-state index is 11.7. The Bertz CT molecular complexity index is 146. The van der Waals surface area contributed by atoms with E-state index in [0.29, 0.717) is 17.6 Å². The lowest BCUT2D eigenvalue weighted by Crippen LogP contribution is -2.26. The Kier molecular flexibility index (Phi) is 8.71. The van der Waals surface area contributed by atoms with Gasteiger partial charge in [0, 0.05) is 11.8 Å². The van der Waals surface area contributed by atoms with E-state index in [9.17, 15) is 4.79 Å². The highest BCUT2D eigenvalue weighted by atomic mass is 16.1. The molecule has 0 spiro atoms. The summed E-state index contributed by atoms with van der Waals surface area (Å²) in [5.74, 6) is 1.78. The normalized spacial score (nSPS) is 14.6. The molecule has 0 aliphatic heterocycles. The molecule has 0 saturated carbocycles. The van der Waals surface area contributed by atoms with E-state index in [0.717, 1.165) is 0 Å². The molecule has 0 amide bonds. The van der Waals surface area contributed by atoms with Gasteiger partial charge in [-0.05, 0) is 11.8 Å². The zero-order valence-corrected chi connectivity index (χ0v) is 10.3. The molecule has 84 valence electrons. The van der Waals surface area contributed by atoms with Crippen molar-refractivity contribution in [1.29, 1.82) is 0 Å². The molecule has 0 aliphatic carbocycles. The Hall–Kier alpha value is -0.660. The van der Waals surface area contributed by atoms with E-state index in [2.05, 4.69) is 27.7 Å². The first-order valence-electron chi connectivity index (χ1n) is 5.20. The average Bonchev–Trinajstić information content (AvgIpc) is 2.17. The number of hydrogen-bond acceptors (Lipinski definition) is 2. The van der Waals surface area contributed by atoms with Crippen molar-refractivity contribution in [2.45, 2.75) is 41.5 Å². The Labute approximate surface area is 88.1 Å². The lowest BCUT2D eigenvalue weighted by molar-refractivity contribution is -0.128. The number of rotatable bonds is 4. The van der Waals surface area contributed by atoms with Gasteiger partial charge in [0.05, 0.1) is 0 Å². The first-order chi connectivity index (χ1) is 6.37. The smallest absolute Gasteiger partial charge is 0.138 e. The molecule has 0 radical (unpaired) electrons. The molecular formula is C12H24O2. The maximum absolute atomic E-state index is 11.7. The van der Waals surface area contributed by atoms with Crippen molar-refractivity contribution in [3.63, 3.8) is 0 Å². The highest BCUT2D eigenvalue weighted by molar-refractivity contribution is 5.83. The number of Topliss-reactive ketones (excluding diaryl/α,β-unsaturated/α-hetero) is 1. The zero-order chi connectivity index (χ0) is 11.9. The molecular weight excluding hydrogens is 176 g/mol. The van der Waals surface area contributed by atoms with Gasteiger partial charge in [-0.3, -0.25) is 4.79 Å². The molecule has 0 aliphatic rings. The number of hydrogen-bond donors (Lipinski definition) is 0. The van der Waals surface area contributed by atoms with Crippen LogP contribution in [0.2, 0.25) is 0 Å². The first-order valence-corrected chi connectivity index (χ1v) is 5.20. The topological polar surface area (TPSA) is 34.1 Å². The van der Waals surface area contributed by atoms with E-state index in [-0.39, 0.29) is 11.8 Å². The second-order valence-corrected chi connectivity index (χ2v) is 4.47. The summed E-state index contributed by atoms with van der Waals surface area (Å²) in [7, 11) is 0. The van der Waals surface area contributed by atoms with E-state index >= 15 is 0 Å². The van der Waals surface area contributed by atoms with Crippen LogP contribution in [0.25, 0.3) is 0 Å². The minimum absolute atomic E-state index is 0.211. The fourth-order valence-electron chi connectivity index (χ4n) is 1.07. The highest BCUT2D eigenvalue weighted by Crippen LogP contribution is 2.20. The fraction of sp³-hybridized carbons (Fsp3) is 0.833. The van der Waals surface area contributed by atoms with Crippen LogP contribution in [0.4, 0.5) is 0 Å². The van der Waals surface area contributed by atoms with Crippen LogP contribution in [-0.2, 0) is 9.59 Å². The average molecular weight is 200 g/mol. The number of ketones is 1. The lowest BCUT2D eigenvalue weighted by Gasteiger charge is -2.21. The van der Waals surface area contributed by atoms with Crippen LogP contribution >= 0.6 is 0 Å². The third kappa shape index (κ3) is 5.15. The van der Waals surface area contributed by atoms with Gasteiger partial charge in [-0.15, -0.1) is 0 Å². The molecule has 2 unspecified atom stereocenters. The van der Waals surface area contributed by atoms with Crippen LogP contribution < -0.4 is 0 Å². The van der Waals surface area contributed by atoms with Crippen molar-refractivity contribution in [3.05, 3.63) is 0 Å². The Morgan fingerprint density at radius 1 is 0.786 bits per heavy atom. The van der Waals surface area contributed by atoms with Crippen LogP contribution in [-0.4, -0.2) is 12.6 Å². The van der Waals surface area contributed by atoms with Crippen molar-refractivity contribution >= 4 is 12.6 Å². The Balaban J connectivity index is 0. The largest absolute Gasteiger partial charge is 0.307 e. The van der Waals surface area contributed by atoms with Crippen LogP contribution in [0.1, 0.15) is 41.5 Å². The molecule has 0 fully saturated rings. The fourth-order valence-corrected chi connectivity index (χ4v) is 1.07. The van der Waals surface area contributed by atoms with E-state index in [1.807, 2.05) is 20.6 Å².